The molecule has 1 aliphatic rings. The number of hydrogen-bond acceptors (Lipinski definition) is 3. The molecule has 0 aromatic heterocycles. The number of urea groups is 1. The molecule has 0 aromatic carbocycles. The van der Waals surface area contributed by atoms with Crippen molar-refractivity contribution >= 4 is 17.9 Å². The van der Waals surface area contributed by atoms with Crippen molar-refractivity contribution in [2.45, 2.75) is 45.1 Å². The molecule has 0 aromatic rings. The van der Waals surface area contributed by atoms with Crippen LogP contribution in [0.15, 0.2) is 0 Å². The smallest absolute Gasteiger partial charge is 0.326 e. The molecule has 1 unspecified atom stereocenters. The van der Waals surface area contributed by atoms with Gasteiger partial charge < -0.3 is 21.1 Å². The summed E-state index contributed by atoms with van der Waals surface area (Å²) >= 11 is 0. The Labute approximate surface area is 118 Å². The minimum Gasteiger partial charge on any atom is -0.480 e. The number of aliphatic carboxylic acids is 1. The number of hydrogen-bond donors (Lipinski definition) is 3. The first-order valence-corrected chi connectivity index (χ1v) is 7.00. The third-order valence-electron chi connectivity index (χ3n) is 3.23. The van der Waals surface area contributed by atoms with Crippen molar-refractivity contribution in [1.29, 1.82) is 0 Å². The third kappa shape index (κ3) is 5.90. The zero-order valence-electron chi connectivity index (χ0n) is 11.8. The second kappa shape index (κ2) is 7.72. The Hall–Kier alpha value is -1.79. The van der Waals surface area contributed by atoms with Crippen molar-refractivity contribution < 1.29 is 19.5 Å². The number of nitrogens with zero attached hydrogens (tertiary/aromatic N) is 1. The van der Waals surface area contributed by atoms with E-state index in [1.54, 1.807) is 4.90 Å². The Morgan fingerprint density at radius 2 is 2.05 bits per heavy atom. The summed E-state index contributed by atoms with van der Waals surface area (Å²) < 4.78 is 0. The summed E-state index contributed by atoms with van der Waals surface area (Å²) in [6.07, 6.45) is 3.02. The van der Waals surface area contributed by atoms with Gasteiger partial charge in [0.05, 0.1) is 0 Å². The second-order valence-electron chi connectivity index (χ2n) is 5.23. The molecule has 1 aliphatic carbocycles. The van der Waals surface area contributed by atoms with Gasteiger partial charge in [0, 0.05) is 19.5 Å². The van der Waals surface area contributed by atoms with Crippen molar-refractivity contribution in [2.75, 3.05) is 13.1 Å². The Balaban J connectivity index is 2.52. The maximum absolute atomic E-state index is 12.1. The number of primary amides is 1. The summed E-state index contributed by atoms with van der Waals surface area (Å²) in [4.78, 5) is 35.5. The van der Waals surface area contributed by atoms with Crippen LogP contribution in [0, 0.1) is 5.92 Å². The zero-order chi connectivity index (χ0) is 15.1. The van der Waals surface area contributed by atoms with Gasteiger partial charge in [0.15, 0.2) is 0 Å². The molecule has 0 aliphatic heterocycles. The second-order valence-corrected chi connectivity index (χ2v) is 5.23. The molecule has 0 spiro atoms. The molecule has 4 N–H and O–H groups in total. The molecular formula is C13H23N3O4. The van der Waals surface area contributed by atoms with Crippen LogP contribution in [0.3, 0.4) is 0 Å². The Bertz CT molecular complexity index is 369. The van der Waals surface area contributed by atoms with Gasteiger partial charge in [0.2, 0.25) is 5.91 Å². The van der Waals surface area contributed by atoms with Gasteiger partial charge in [-0.1, -0.05) is 6.92 Å². The van der Waals surface area contributed by atoms with E-state index >= 15 is 0 Å². The first-order valence-electron chi connectivity index (χ1n) is 7.00. The predicted molar refractivity (Wildman–Crippen MR) is 73.0 cm³/mol. The largest absolute Gasteiger partial charge is 0.480 e. The molecule has 0 heterocycles. The van der Waals surface area contributed by atoms with Crippen molar-refractivity contribution in [1.82, 2.24) is 10.2 Å². The van der Waals surface area contributed by atoms with Crippen LogP contribution in [-0.2, 0) is 9.59 Å². The number of carboxylic acid groups (broad SMARTS) is 1. The Morgan fingerprint density at radius 3 is 2.50 bits per heavy atom. The lowest BCUT2D eigenvalue weighted by atomic mass is 10.1. The van der Waals surface area contributed by atoms with E-state index in [-0.39, 0.29) is 18.9 Å². The zero-order valence-corrected chi connectivity index (χ0v) is 11.8. The summed E-state index contributed by atoms with van der Waals surface area (Å²) in [7, 11) is 0. The normalized spacial score (nSPS) is 15.4. The maximum atomic E-state index is 12.1. The van der Waals surface area contributed by atoms with Gasteiger partial charge in [0.1, 0.15) is 6.04 Å². The van der Waals surface area contributed by atoms with E-state index in [0.717, 1.165) is 19.3 Å². The predicted octanol–water partition coefficient (Wildman–Crippen LogP) is 0.537. The van der Waals surface area contributed by atoms with Crippen LogP contribution in [0.2, 0.25) is 0 Å². The minimum absolute atomic E-state index is 0.0137. The number of carbonyl (C=O) groups is 3. The molecule has 3 amide bonds. The van der Waals surface area contributed by atoms with E-state index < -0.39 is 17.9 Å². The summed E-state index contributed by atoms with van der Waals surface area (Å²) in [5.74, 6) is -1.18. The molecule has 1 fully saturated rings. The van der Waals surface area contributed by atoms with E-state index in [1.165, 1.54) is 0 Å². The Morgan fingerprint density at radius 1 is 1.40 bits per heavy atom. The van der Waals surface area contributed by atoms with Crippen LogP contribution in [0.4, 0.5) is 4.79 Å². The fourth-order valence-electron chi connectivity index (χ4n) is 1.94. The Kier molecular flexibility index (Phi) is 6.27. The van der Waals surface area contributed by atoms with Crippen LogP contribution in [-0.4, -0.2) is 47.0 Å². The molecule has 0 radical (unpaired) electrons. The lowest BCUT2D eigenvalue weighted by Gasteiger charge is -2.24. The number of carboxylic acids is 1. The van der Waals surface area contributed by atoms with E-state index in [4.69, 9.17) is 10.8 Å². The quantitative estimate of drug-likeness (QED) is 0.573. The molecule has 0 saturated heterocycles. The van der Waals surface area contributed by atoms with Gasteiger partial charge in [-0.2, -0.15) is 0 Å². The minimum atomic E-state index is -1.15. The molecule has 0 bridgehead atoms. The van der Waals surface area contributed by atoms with Gasteiger partial charge in [-0.05, 0) is 31.6 Å². The third-order valence-corrected chi connectivity index (χ3v) is 3.23. The number of nitrogens with one attached hydrogen (secondary N) is 1. The van der Waals surface area contributed by atoms with Crippen molar-refractivity contribution in [2.24, 2.45) is 11.7 Å². The molecule has 1 saturated carbocycles. The van der Waals surface area contributed by atoms with Gasteiger partial charge in [-0.15, -0.1) is 0 Å². The van der Waals surface area contributed by atoms with Crippen LogP contribution < -0.4 is 11.1 Å². The SMILES string of the molecule is CCCN(CC1CC1)C(=O)NC(CCC(N)=O)C(=O)O. The van der Waals surface area contributed by atoms with Crippen LogP contribution in [0.25, 0.3) is 0 Å². The number of rotatable bonds is 9. The highest BCUT2D eigenvalue weighted by Crippen LogP contribution is 2.29. The molecule has 1 rings (SSSR count). The average Bonchev–Trinajstić information content (AvgIpc) is 3.17. The van der Waals surface area contributed by atoms with E-state index in [9.17, 15) is 14.4 Å². The highest BCUT2D eigenvalue weighted by molar-refractivity contribution is 5.83. The van der Waals surface area contributed by atoms with Gasteiger partial charge in [-0.25, -0.2) is 9.59 Å². The summed E-state index contributed by atoms with van der Waals surface area (Å²) in [5.41, 5.74) is 5.00. The number of amides is 3. The maximum Gasteiger partial charge on any atom is 0.326 e. The summed E-state index contributed by atoms with van der Waals surface area (Å²) in [6, 6.07) is -1.45. The topological polar surface area (TPSA) is 113 Å². The highest BCUT2D eigenvalue weighted by atomic mass is 16.4. The molecule has 1 atom stereocenters. The fraction of sp³-hybridized carbons (Fsp3) is 0.769. The lowest BCUT2D eigenvalue weighted by molar-refractivity contribution is -0.139. The van der Waals surface area contributed by atoms with Crippen LogP contribution in [0.5, 0.6) is 0 Å². The van der Waals surface area contributed by atoms with Crippen molar-refractivity contribution in [3.05, 3.63) is 0 Å². The van der Waals surface area contributed by atoms with Crippen LogP contribution >= 0.6 is 0 Å². The van der Waals surface area contributed by atoms with Crippen LogP contribution in [0.1, 0.15) is 39.0 Å². The van der Waals surface area contributed by atoms with E-state index in [2.05, 4.69) is 5.32 Å². The molecule has 114 valence electrons. The molecule has 20 heavy (non-hydrogen) atoms. The summed E-state index contributed by atoms with van der Waals surface area (Å²) in [6.45, 7) is 3.24. The summed E-state index contributed by atoms with van der Waals surface area (Å²) in [5, 5.41) is 11.5. The lowest BCUT2D eigenvalue weighted by Crippen LogP contribution is -2.49. The molecule has 7 heteroatoms. The van der Waals surface area contributed by atoms with E-state index in [0.29, 0.717) is 19.0 Å². The van der Waals surface area contributed by atoms with E-state index in [1.807, 2.05) is 6.92 Å². The average molecular weight is 285 g/mol. The van der Waals surface area contributed by atoms with Gasteiger partial charge >= 0.3 is 12.0 Å². The van der Waals surface area contributed by atoms with Crippen molar-refractivity contribution in [3.8, 4) is 0 Å². The van der Waals surface area contributed by atoms with Gasteiger partial charge in [-0.3, -0.25) is 4.79 Å². The molecular weight excluding hydrogens is 262 g/mol. The first kappa shape index (κ1) is 16.3. The monoisotopic (exact) mass is 285 g/mol. The fourth-order valence-corrected chi connectivity index (χ4v) is 1.94. The van der Waals surface area contributed by atoms with Crippen molar-refractivity contribution in [3.63, 3.8) is 0 Å². The highest BCUT2D eigenvalue weighted by Gasteiger charge is 2.28. The number of nitrogens with two attached hydrogens (primary N) is 1. The van der Waals surface area contributed by atoms with Gasteiger partial charge in [0.25, 0.3) is 0 Å². The first-order chi connectivity index (χ1) is 9.43. The number of carbonyl (C=O) groups excluding carboxylic acids is 2. The molecule has 7 nitrogen and oxygen atoms in total. The standard InChI is InChI=1S/C13H23N3O4/c1-2-7-16(8-9-3-4-9)13(20)15-10(12(18)19)5-6-11(14)17/h9-10H,2-8H2,1H3,(H2,14,17)(H,15,20)(H,18,19).